The molecular weight excluding hydrogens is 493 g/mol. The second kappa shape index (κ2) is 9.83. The number of phenolic OH excluding ortho intramolecular Hbond substituents is 1. The lowest BCUT2D eigenvalue weighted by Gasteiger charge is -2.12. The summed E-state index contributed by atoms with van der Waals surface area (Å²) in [5, 5.41) is 20.0. The number of thioether (sulfide) groups is 1. The van der Waals surface area contributed by atoms with Gasteiger partial charge in [0.1, 0.15) is 11.5 Å². The van der Waals surface area contributed by atoms with Crippen molar-refractivity contribution in [2.45, 2.75) is 6.54 Å². The van der Waals surface area contributed by atoms with Crippen molar-refractivity contribution in [3.63, 3.8) is 0 Å². The summed E-state index contributed by atoms with van der Waals surface area (Å²) >= 11 is 19.3. The summed E-state index contributed by atoms with van der Waals surface area (Å²) in [5.41, 5.74) is 1.01. The van der Waals surface area contributed by atoms with E-state index in [0.29, 0.717) is 42.0 Å². The second-order valence-electron chi connectivity index (χ2n) is 6.55. The molecule has 1 aliphatic heterocycles. The van der Waals surface area contributed by atoms with E-state index in [0.717, 1.165) is 11.8 Å². The molecule has 0 atom stereocenters. The second-order valence-corrected chi connectivity index (χ2v) is 8.79. The molecule has 4 rings (SSSR count). The van der Waals surface area contributed by atoms with Crippen molar-refractivity contribution in [3.8, 4) is 5.75 Å². The highest BCUT2D eigenvalue weighted by atomic mass is 35.5. The quantitative estimate of drug-likeness (QED) is 0.245. The molecule has 0 spiro atoms. The van der Waals surface area contributed by atoms with Gasteiger partial charge in [0.05, 0.1) is 34.0 Å². The van der Waals surface area contributed by atoms with Gasteiger partial charge in [-0.05, 0) is 54.2 Å². The third-order valence-electron chi connectivity index (χ3n) is 4.38. The third kappa shape index (κ3) is 5.02. The van der Waals surface area contributed by atoms with E-state index in [2.05, 4.69) is 10.2 Å². The van der Waals surface area contributed by atoms with E-state index in [1.165, 1.54) is 23.4 Å². The Labute approximate surface area is 202 Å². The third-order valence-corrected chi connectivity index (χ3v) is 6.45. The van der Waals surface area contributed by atoms with Crippen molar-refractivity contribution < 1.29 is 14.3 Å². The van der Waals surface area contributed by atoms with Crippen LogP contribution in [0.5, 0.6) is 5.75 Å². The largest absolute Gasteiger partial charge is 0.507 e. The molecule has 1 aliphatic rings. The topological polar surface area (TPSA) is 78.4 Å². The Balaban J connectivity index is 1.67. The molecule has 0 aliphatic carbocycles. The molecule has 162 valence electrons. The number of nitrogens with zero attached hydrogens (tertiary/aromatic N) is 3. The highest BCUT2D eigenvalue weighted by Gasteiger charge is 2.34. The number of phenols is 1. The lowest BCUT2D eigenvalue weighted by atomic mass is 10.2. The van der Waals surface area contributed by atoms with Crippen LogP contribution in [-0.4, -0.2) is 27.3 Å². The van der Waals surface area contributed by atoms with Gasteiger partial charge in [-0.15, -0.1) is 5.10 Å². The Bertz CT molecular complexity index is 1260. The van der Waals surface area contributed by atoms with Crippen LogP contribution in [0, 0.1) is 0 Å². The summed E-state index contributed by atoms with van der Waals surface area (Å²) in [7, 11) is 0. The van der Waals surface area contributed by atoms with Gasteiger partial charge in [-0.2, -0.15) is 5.10 Å². The predicted molar refractivity (Wildman–Crippen MR) is 129 cm³/mol. The first kappa shape index (κ1) is 22.5. The number of benzene rings is 2. The zero-order valence-corrected chi connectivity index (χ0v) is 19.3. The number of amidine groups is 1. The molecule has 0 bridgehead atoms. The van der Waals surface area contributed by atoms with Crippen LogP contribution in [0.25, 0.3) is 6.08 Å². The minimum atomic E-state index is -0.305. The minimum absolute atomic E-state index is 0.00638. The number of amides is 1. The average Bonchev–Trinajstić information content (AvgIpc) is 3.38. The van der Waals surface area contributed by atoms with Crippen LogP contribution >= 0.6 is 46.6 Å². The number of carbonyl (C=O) groups excluding carboxylic acids is 1. The summed E-state index contributed by atoms with van der Waals surface area (Å²) in [5.74, 6) is 0.285. The fraction of sp³-hybridized carbons (Fsp3) is 0.0455. The number of aromatic hydroxyl groups is 1. The normalized spacial score (nSPS) is 16.7. The molecule has 0 radical (unpaired) electrons. The summed E-state index contributed by atoms with van der Waals surface area (Å²) in [4.78, 5) is 14.9. The Hall–Kier alpha value is -2.71. The van der Waals surface area contributed by atoms with Crippen LogP contribution in [0.2, 0.25) is 15.1 Å². The highest BCUT2D eigenvalue weighted by molar-refractivity contribution is 8.18. The molecule has 3 aromatic rings. The molecule has 10 heteroatoms. The van der Waals surface area contributed by atoms with E-state index in [1.54, 1.807) is 48.5 Å². The monoisotopic (exact) mass is 505 g/mol. The molecule has 0 saturated carbocycles. The van der Waals surface area contributed by atoms with Gasteiger partial charge in [0.15, 0.2) is 5.17 Å². The first-order valence-corrected chi connectivity index (χ1v) is 11.1. The summed E-state index contributed by atoms with van der Waals surface area (Å²) in [6.45, 7) is 0.171. The number of carbonyl (C=O) groups is 1. The van der Waals surface area contributed by atoms with Gasteiger partial charge in [0.25, 0.3) is 5.91 Å². The number of hydrogen-bond acceptors (Lipinski definition) is 6. The van der Waals surface area contributed by atoms with Crippen molar-refractivity contribution in [2.75, 3.05) is 0 Å². The van der Waals surface area contributed by atoms with Gasteiger partial charge < -0.3 is 9.52 Å². The maximum Gasteiger partial charge on any atom is 0.267 e. The van der Waals surface area contributed by atoms with Crippen molar-refractivity contribution >= 4 is 69.9 Å². The van der Waals surface area contributed by atoms with E-state index < -0.39 is 0 Å². The van der Waals surface area contributed by atoms with Crippen LogP contribution in [-0.2, 0) is 11.3 Å². The summed E-state index contributed by atoms with van der Waals surface area (Å²) in [6.07, 6.45) is 4.55. The smallest absolute Gasteiger partial charge is 0.267 e. The molecule has 1 N–H and O–H groups in total. The SMILES string of the molecule is O=C1/C(=C/c2cc(Cl)ccc2O)S/C(=N/N=C\c2cccc(Cl)c2Cl)N1Cc1ccco1. The molecule has 6 nitrogen and oxygen atoms in total. The van der Waals surface area contributed by atoms with Gasteiger partial charge in [0.2, 0.25) is 0 Å². The maximum atomic E-state index is 13.1. The zero-order valence-electron chi connectivity index (χ0n) is 16.2. The van der Waals surface area contributed by atoms with Crippen molar-refractivity contribution in [1.29, 1.82) is 0 Å². The van der Waals surface area contributed by atoms with Crippen LogP contribution in [0.3, 0.4) is 0 Å². The van der Waals surface area contributed by atoms with Crippen LogP contribution in [0.15, 0.2) is 74.3 Å². The predicted octanol–water partition coefficient (Wildman–Crippen LogP) is 6.45. The molecule has 2 heterocycles. The standard InChI is InChI=1S/C22H14Cl3N3O3S/c23-15-6-7-18(29)14(9-15)10-19-21(30)28(12-16-4-2-8-31-16)22(32-19)27-26-11-13-3-1-5-17(24)20(13)25/h1-11,29H,12H2/b19-10-,26-11-,27-22+. The number of furan rings is 1. The molecule has 2 aromatic carbocycles. The Morgan fingerprint density at radius 2 is 1.94 bits per heavy atom. The molecule has 1 amide bonds. The number of rotatable bonds is 5. The zero-order chi connectivity index (χ0) is 22.7. The van der Waals surface area contributed by atoms with Gasteiger partial charge in [-0.3, -0.25) is 9.69 Å². The van der Waals surface area contributed by atoms with E-state index in [9.17, 15) is 9.90 Å². The van der Waals surface area contributed by atoms with E-state index in [1.807, 2.05) is 0 Å². The van der Waals surface area contributed by atoms with Crippen molar-refractivity contribution in [2.24, 2.45) is 10.2 Å². The van der Waals surface area contributed by atoms with E-state index >= 15 is 0 Å². The minimum Gasteiger partial charge on any atom is -0.507 e. The highest BCUT2D eigenvalue weighted by Crippen LogP contribution is 2.35. The Kier molecular flexibility index (Phi) is 6.91. The van der Waals surface area contributed by atoms with Crippen molar-refractivity contribution in [3.05, 3.63) is 91.7 Å². The van der Waals surface area contributed by atoms with E-state index in [-0.39, 0.29) is 18.2 Å². The Morgan fingerprint density at radius 3 is 2.72 bits per heavy atom. The number of hydrogen-bond donors (Lipinski definition) is 1. The first-order valence-electron chi connectivity index (χ1n) is 9.19. The fourth-order valence-electron chi connectivity index (χ4n) is 2.82. The Morgan fingerprint density at radius 1 is 1.09 bits per heavy atom. The molecule has 0 unspecified atom stereocenters. The van der Waals surface area contributed by atoms with Gasteiger partial charge >= 0.3 is 0 Å². The molecule has 1 aromatic heterocycles. The van der Waals surface area contributed by atoms with Crippen LogP contribution in [0.4, 0.5) is 0 Å². The maximum absolute atomic E-state index is 13.1. The van der Waals surface area contributed by atoms with Gasteiger partial charge in [-0.1, -0.05) is 46.9 Å². The van der Waals surface area contributed by atoms with E-state index in [4.69, 9.17) is 39.2 Å². The lowest BCUT2D eigenvalue weighted by molar-refractivity contribution is -0.122. The van der Waals surface area contributed by atoms with Gasteiger partial charge in [-0.25, -0.2) is 0 Å². The first-order chi connectivity index (χ1) is 15.4. The average molecular weight is 507 g/mol. The van der Waals surface area contributed by atoms with Crippen LogP contribution in [0.1, 0.15) is 16.9 Å². The number of halogens is 3. The molecular formula is C22H14Cl3N3O3S. The summed E-state index contributed by atoms with van der Waals surface area (Å²) in [6, 6.07) is 13.3. The fourth-order valence-corrected chi connectivity index (χ4v) is 4.29. The molecule has 1 saturated heterocycles. The molecule has 32 heavy (non-hydrogen) atoms. The molecule has 1 fully saturated rings. The summed E-state index contributed by atoms with van der Waals surface area (Å²) < 4.78 is 5.38. The van der Waals surface area contributed by atoms with Crippen LogP contribution < -0.4 is 0 Å². The lowest BCUT2D eigenvalue weighted by Crippen LogP contribution is -2.28. The van der Waals surface area contributed by atoms with Crippen molar-refractivity contribution in [1.82, 2.24) is 4.90 Å². The van der Waals surface area contributed by atoms with Gasteiger partial charge in [0, 0.05) is 16.1 Å².